The highest BCUT2D eigenvalue weighted by Crippen LogP contribution is 2.39. The van der Waals surface area contributed by atoms with Crippen LogP contribution in [0.25, 0.3) is 0 Å². The van der Waals surface area contributed by atoms with Crippen LogP contribution in [0.15, 0.2) is 17.2 Å². The number of nitrogens with zero attached hydrogens (tertiary/aromatic N) is 2. The summed E-state index contributed by atoms with van der Waals surface area (Å²) in [6, 6.07) is 3.97. The lowest BCUT2D eigenvalue weighted by atomic mass is 10.0. The third-order valence-corrected chi connectivity index (χ3v) is 4.47. The highest BCUT2D eigenvalue weighted by molar-refractivity contribution is 8.00. The van der Waals surface area contributed by atoms with Crippen molar-refractivity contribution < 1.29 is 4.74 Å². The van der Waals surface area contributed by atoms with Crippen LogP contribution in [0.2, 0.25) is 0 Å². The lowest BCUT2D eigenvalue weighted by Gasteiger charge is -2.21. The van der Waals surface area contributed by atoms with Crippen molar-refractivity contribution in [2.24, 2.45) is 0 Å². The quantitative estimate of drug-likeness (QED) is 0.822. The van der Waals surface area contributed by atoms with Crippen LogP contribution in [-0.4, -0.2) is 17.3 Å². The third kappa shape index (κ3) is 2.92. The van der Waals surface area contributed by atoms with E-state index in [1.54, 1.807) is 25.1 Å². The van der Waals surface area contributed by atoms with E-state index in [9.17, 15) is 0 Å². The number of ether oxygens (including phenoxy) is 1. The summed E-state index contributed by atoms with van der Waals surface area (Å²) in [5.41, 5.74) is 0.486. The monoisotopic (exact) mass is 248 g/mol. The van der Waals surface area contributed by atoms with Gasteiger partial charge < -0.3 is 4.74 Å². The fourth-order valence-electron chi connectivity index (χ4n) is 2.13. The molecule has 0 N–H and O–H groups in total. The molecule has 1 aromatic rings. The van der Waals surface area contributed by atoms with E-state index in [2.05, 4.69) is 11.1 Å². The Labute approximate surface area is 106 Å². The van der Waals surface area contributed by atoms with Crippen molar-refractivity contribution in [2.75, 3.05) is 7.11 Å². The fourth-order valence-corrected chi connectivity index (χ4v) is 3.51. The molecule has 0 radical (unpaired) electrons. The lowest BCUT2D eigenvalue weighted by Crippen LogP contribution is -2.08. The van der Waals surface area contributed by atoms with Gasteiger partial charge in [0.25, 0.3) is 0 Å². The maximum absolute atomic E-state index is 9.09. The van der Waals surface area contributed by atoms with Crippen molar-refractivity contribution in [1.82, 2.24) is 4.98 Å². The van der Waals surface area contributed by atoms with Gasteiger partial charge in [0.15, 0.2) is 5.69 Å². The average Bonchev–Trinajstić information content (AvgIpc) is 2.40. The van der Waals surface area contributed by atoms with Crippen LogP contribution in [0.4, 0.5) is 0 Å². The predicted molar refractivity (Wildman–Crippen MR) is 68.2 cm³/mol. The van der Waals surface area contributed by atoms with Crippen LogP contribution in [0.5, 0.6) is 5.75 Å². The second-order valence-corrected chi connectivity index (χ2v) is 5.49. The van der Waals surface area contributed by atoms with Gasteiger partial charge in [0, 0.05) is 11.4 Å². The molecule has 0 aliphatic heterocycles. The van der Waals surface area contributed by atoms with Crippen molar-refractivity contribution in [1.29, 1.82) is 5.26 Å². The zero-order valence-electron chi connectivity index (χ0n) is 9.98. The molecule has 4 heteroatoms. The summed E-state index contributed by atoms with van der Waals surface area (Å²) in [5.74, 6) is 0.770. The molecule has 1 aliphatic carbocycles. The predicted octanol–water partition coefficient (Wildman–Crippen LogP) is 3.39. The van der Waals surface area contributed by atoms with Crippen LogP contribution in [0, 0.1) is 11.3 Å². The largest absolute Gasteiger partial charge is 0.495 e. The van der Waals surface area contributed by atoms with Gasteiger partial charge in [0.2, 0.25) is 0 Å². The summed E-state index contributed by atoms with van der Waals surface area (Å²) in [7, 11) is 1.64. The highest BCUT2D eigenvalue weighted by atomic mass is 32.2. The number of nitriles is 1. The van der Waals surface area contributed by atoms with Crippen LogP contribution in [0.1, 0.15) is 37.8 Å². The Morgan fingerprint density at radius 1 is 1.41 bits per heavy atom. The molecule has 1 aliphatic rings. The molecular formula is C13H16N2OS. The summed E-state index contributed by atoms with van der Waals surface area (Å²) in [4.78, 5) is 5.02. The van der Waals surface area contributed by atoms with Crippen molar-refractivity contribution in [3.63, 3.8) is 0 Å². The zero-order chi connectivity index (χ0) is 12.1. The summed E-state index contributed by atoms with van der Waals surface area (Å²) in [5, 5.41) is 9.69. The normalized spacial score (nSPS) is 16.5. The van der Waals surface area contributed by atoms with E-state index in [0.717, 1.165) is 10.6 Å². The van der Waals surface area contributed by atoms with E-state index < -0.39 is 0 Å². The molecule has 0 unspecified atom stereocenters. The Morgan fingerprint density at radius 2 is 2.18 bits per heavy atom. The van der Waals surface area contributed by atoms with Gasteiger partial charge >= 0.3 is 0 Å². The minimum absolute atomic E-state index is 0.486. The van der Waals surface area contributed by atoms with Crippen molar-refractivity contribution in [2.45, 2.75) is 42.2 Å². The second-order valence-electron chi connectivity index (χ2n) is 4.18. The van der Waals surface area contributed by atoms with E-state index in [1.165, 1.54) is 32.1 Å². The highest BCUT2D eigenvalue weighted by Gasteiger charge is 2.19. The smallest absolute Gasteiger partial charge is 0.157 e. The molecule has 0 spiro atoms. The van der Waals surface area contributed by atoms with Crippen molar-refractivity contribution in [3.05, 3.63) is 18.0 Å². The summed E-state index contributed by atoms with van der Waals surface area (Å²) in [6.45, 7) is 0. The molecule has 1 saturated carbocycles. The zero-order valence-corrected chi connectivity index (χ0v) is 10.8. The van der Waals surface area contributed by atoms with Gasteiger partial charge in [-0.1, -0.05) is 19.3 Å². The van der Waals surface area contributed by atoms with Gasteiger partial charge in [-0.15, -0.1) is 11.8 Å². The Kier molecular flexibility index (Phi) is 4.27. The number of hydrogen-bond acceptors (Lipinski definition) is 4. The second kappa shape index (κ2) is 5.92. The van der Waals surface area contributed by atoms with E-state index >= 15 is 0 Å². The molecule has 1 aromatic heterocycles. The van der Waals surface area contributed by atoms with Crippen LogP contribution >= 0.6 is 11.8 Å². The van der Waals surface area contributed by atoms with Gasteiger partial charge in [-0.3, -0.25) is 0 Å². The number of pyridine rings is 1. The Balaban J connectivity index is 2.20. The Hall–Kier alpha value is -1.21. The molecule has 0 aromatic carbocycles. The fraction of sp³-hybridized carbons (Fsp3) is 0.538. The SMILES string of the molecule is COc1ccnc(C#N)c1SC1CCCCC1. The maximum Gasteiger partial charge on any atom is 0.157 e. The molecule has 0 atom stereocenters. The molecule has 2 rings (SSSR count). The van der Waals surface area contributed by atoms with Crippen LogP contribution in [-0.2, 0) is 0 Å². The van der Waals surface area contributed by atoms with Gasteiger partial charge in [-0.2, -0.15) is 5.26 Å². The van der Waals surface area contributed by atoms with E-state index in [1.807, 2.05) is 6.07 Å². The Morgan fingerprint density at radius 3 is 2.82 bits per heavy atom. The molecule has 0 saturated heterocycles. The van der Waals surface area contributed by atoms with Gasteiger partial charge in [0.1, 0.15) is 11.8 Å². The molecular weight excluding hydrogens is 232 g/mol. The Bertz CT molecular complexity index is 422. The number of rotatable bonds is 3. The molecule has 1 heterocycles. The first-order chi connectivity index (χ1) is 8.35. The molecule has 90 valence electrons. The average molecular weight is 248 g/mol. The lowest BCUT2D eigenvalue weighted by molar-refractivity contribution is 0.403. The first-order valence-electron chi connectivity index (χ1n) is 5.95. The van der Waals surface area contributed by atoms with Crippen LogP contribution in [0.3, 0.4) is 0 Å². The number of aromatic nitrogens is 1. The summed E-state index contributed by atoms with van der Waals surface area (Å²) < 4.78 is 5.32. The maximum atomic E-state index is 9.09. The molecule has 0 bridgehead atoms. The van der Waals surface area contributed by atoms with E-state index in [-0.39, 0.29) is 0 Å². The molecule has 1 fully saturated rings. The standard InChI is InChI=1S/C13H16N2OS/c1-16-12-7-8-15-11(9-14)13(12)17-10-5-3-2-4-6-10/h7-8,10H,2-6H2,1H3. The molecule has 17 heavy (non-hydrogen) atoms. The van der Waals surface area contributed by atoms with Gasteiger partial charge in [-0.25, -0.2) is 4.98 Å². The summed E-state index contributed by atoms with van der Waals surface area (Å²) >= 11 is 1.76. The van der Waals surface area contributed by atoms with E-state index in [4.69, 9.17) is 10.00 Å². The number of hydrogen-bond donors (Lipinski definition) is 0. The minimum Gasteiger partial charge on any atom is -0.495 e. The van der Waals surface area contributed by atoms with Crippen molar-refractivity contribution >= 4 is 11.8 Å². The van der Waals surface area contributed by atoms with Crippen molar-refractivity contribution in [3.8, 4) is 11.8 Å². The minimum atomic E-state index is 0.486. The molecule has 0 amide bonds. The third-order valence-electron chi connectivity index (χ3n) is 3.03. The number of thioether (sulfide) groups is 1. The van der Waals surface area contributed by atoms with Gasteiger partial charge in [0.05, 0.1) is 12.0 Å². The van der Waals surface area contributed by atoms with Gasteiger partial charge in [-0.05, 0) is 18.9 Å². The summed E-state index contributed by atoms with van der Waals surface area (Å²) in [6.07, 6.45) is 8.01. The topological polar surface area (TPSA) is 45.9 Å². The molecule has 3 nitrogen and oxygen atoms in total. The van der Waals surface area contributed by atoms with Crippen LogP contribution < -0.4 is 4.74 Å². The first-order valence-corrected chi connectivity index (χ1v) is 6.83. The number of methoxy groups -OCH3 is 1. The van der Waals surface area contributed by atoms with E-state index in [0.29, 0.717) is 10.9 Å². The first kappa shape index (κ1) is 12.3.